The summed E-state index contributed by atoms with van der Waals surface area (Å²) in [5.74, 6) is 0.750. The van der Waals surface area contributed by atoms with Crippen molar-refractivity contribution in [2.24, 2.45) is 0 Å². The number of para-hydroxylation sites is 2. The number of nitrogens with zero attached hydrogens (tertiary/aromatic N) is 3. The Morgan fingerprint density at radius 1 is 0.946 bits per heavy atom. The van der Waals surface area contributed by atoms with Crippen molar-refractivity contribution in [2.45, 2.75) is 39.0 Å². The number of unbranched alkanes of at least 4 members (excludes halogenated alkanes) is 2. The van der Waals surface area contributed by atoms with E-state index in [2.05, 4.69) is 38.3 Å². The molecule has 0 unspecified atom stereocenters. The maximum atomic E-state index is 13.3. The number of piperazine rings is 1. The molecule has 1 fully saturated rings. The molecule has 1 aliphatic rings. The zero-order valence-corrected chi connectivity index (χ0v) is 22.9. The number of rotatable bonds is 13. The lowest BCUT2D eigenvalue weighted by Gasteiger charge is -2.38. The first-order valence-electron chi connectivity index (χ1n) is 13.4. The molecule has 0 saturated carbocycles. The number of anilines is 3. The third-order valence-electron chi connectivity index (χ3n) is 6.65. The monoisotopic (exact) mass is 509 g/mol. The molecule has 1 saturated heterocycles. The van der Waals surface area contributed by atoms with E-state index in [-0.39, 0.29) is 11.8 Å². The number of nitrogens with one attached hydrogen (secondary N) is 2. The Morgan fingerprint density at radius 2 is 1.65 bits per heavy atom. The van der Waals surface area contributed by atoms with Gasteiger partial charge in [0, 0.05) is 50.5 Å². The molecule has 0 spiro atoms. The minimum atomic E-state index is -0.108. The van der Waals surface area contributed by atoms with Crippen molar-refractivity contribution >= 4 is 28.9 Å². The number of hydrogen-bond donors (Lipinski definition) is 2. The highest BCUT2D eigenvalue weighted by molar-refractivity contribution is 6.02. The van der Waals surface area contributed by atoms with Gasteiger partial charge in [-0.1, -0.05) is 31.9 Å². The molecule has 8 nitrogen and oxygen atoms in total. The summed E-state index contributed by atoms with van der Waals surface area (Å²) in [5, 5.41) is 6.06. The topological polar surface area (TPSA) is 77.1 Å². The van der Waals surface area contributed by atoms with Gasteiger partial charge in [-0.2, -0.15) is 0 Å². The molecule has 0 aliphatic carbocycles. The lowest BCUT2D eigenvalue weighted by atomic mass is 10.1. The standard InChI is InChI=1S/C29H43N5O3/c1-5-6-7-13-28(35)31-23-14-15-25(24(22-23)29(36)30-16-10-17-32(2)3)33-18-20-34(21-19-33)26-11-8-9-12-27(26)37-4/h8-9,11-12,14-15,22H,5-7,10,13,16-21H2,1-4H3,(H,30,36)(H,31,35). The highest BCUT2D eigenvalue weighted by atomic mass is 16.5. The number of amides is 2. The minimum Gasteiger partial charge on any atom is -0.495 e. The van der Waals surface area contributed by atoms with Crippen LogP contribution in [0.3, 0.4) is 0 Å². The van der Waals surface area contributed by atoms with Crippen LogP contribution in [0.1, 0.15) is 49.4 Å². The predicted octanol–water partition coefficient (Wildman–Crippen LogP) is 4.22. The fourth-order valence-corrected chi connectivity index (χ4v) is 4.60. The number of methoxy groups -OCH3 is 1. The third kappa shape index (κ3) is 8.39. The summed E-state index contributed by atoms with van der Waals surface area (Å²) in [4.78, 5) is 32.4. The lowest BCUT2D eigenvalue weighted by molar-refractivity contribution is -0.116. The smallest absolute Gasteiger partial charge is 0.253 e. The van der Waals surface area contributed by atoms with Crippen LogP contribution in [0.2, 0.25) is 0 Å². The Kier molecular flexibility index (Phi) is 11.1. The third-order valence-corrected chi connectivity index (χ3v) is 6.65. The van der Waals surface area contributed by atoms with Gasteiger partial charge in [0.1, 0.15) is 5.75 Å². The average molecular weight is 510 g/mol. The quantitative estimate of drug-likeness (QED) is 0.394. The molecule has 0 radical (unpaired) electrons. The van der Waals surface area contributed by atoms with Crippen LogP contribution in [-0.2, 0) is 4.79 Å². The van der Waals surface area contributed by atoms with Crippen molar-refractivity contribution in [3.63, 3.8) is 0 Å². The van der Waals surface area contributed by atoms with E-state index >= 15 is 0 Å². The van der Waals surface area contributed by atoms with E-state index < -0.39 is 0 Å². The fraction of sp³-hybridized carbons (Fsp3) is 0.517. The first-order chi connectivity index (χ1) is 17.9. The number of benzene rings is 2. The second kappa shape index (κ2) is 14.5. The van der Waals surface area contributed by atoms with Gasteiger partial charge in [0.15, 0.2) is 0 Å². The molecule has 2 aromatic carbocycles. The molecule has 37 heavy (non-hydrogen) atoms. The highest BCUT2D eigenvalue weighted by Gasteiger charge is 2.23. The maximum Gasteiger partial charge on any atom is 0.253 e. The normalized spacial score (nSPS) is 13.5. The highest BCUT2D eigenvalue weighted by Crippen LogP contribution is 2.31. The summed E-state index contributed by atoms with van der Waals surface area (Å²) in [6, 6.07) is 13.8. The van der Waals surface area contributed by atoms with Crippen LogP contribution in [-0.4, -0.2) is 77.2 Å². The van der Waals surface area contributed by atoms with Crippen LogP contribution in [0.25, 0.3) is 0 Å². The van der Waals surface area contributed by atoms with Gasteiger partial charge in [-0.15, -0.1) is 0 Å². The van der Waals surface area contributed by atoms with Crippen LogP contribution in [0, 0.1) is 0 Å². The summed E-state index contributed by atoms with van der Waals surface area (Å²) in [6.45, 7) is 6.83. The molecule has 202 valence electrons. The molecule has 0 bridgehead atoms. The van der Waals surface area contributed by atoms with Gasteiger partial charge in [-0.05, 0) is 63.8 Å². The number of carbonyl (C=O) groups is 2. The van der Waals surface area contributed by atoms with E-state index in [9.17, 15) is 9.59 Å². The molecule has 0 aromatic heterocycles. The molecule has 2 amide bonds. The van der Waals surface area contributed by atoms with E-state index in [1.54, 1.807) is 7.11 Å². The van der Waals surface area contributed by atoms with E-state index in [0.717, 1.165) is 75.5 Å². The van der Waals surface area contributed by atoms with Gasteiger partial charge < -0.3 is 30.1 Å². The Labute approximate surface area is 222 Å². The van der Waals surface area contributed by atoms with Gasteiger partial charge in [-0.25, -0.2) is 0 Å². The largest absolute Gasteiger partial charge is 0.495 e. The zero-order valence-electron chi connectivity index (χ0n) is 22.9. The Hall–Kier alpha value is -3.26. The Morgan fingerprint density at radius 3 is 2.32 bits per heavy atom. The van der Waals surface area contributed by atoms with Gasteiger partial charge in [0.25, 0.3) is 5.91 Å². The number of carbonyl (C=O) groups excluding carboxylic acids is 2. The maximum absolute atomic E-state index is 13.3. The summed E-state index contributed by atoms with van der Waals surface area (Å²) < 4.78 is 5.55. The summed E-state index contributed by atoms with van der Waals surface area (Å²) in [6.07, 6.45) is 4.35. The van der Waals surface area contributed by atoms with Crippen LogP contribution in [0.4, 0.5) is 17.1 Å². The van der Waals surface area contributed by atoms with Crippen molar-refractivity contribution in [3.8, 4) is 5.75 Å². The molecule has 0 atom stereocenters. The second-order valence-corrected chi connectivity index (χ2v) is 9.80. The molecule has 1 aliphatic heterocycles. The average Bonchev–Trinajstić information content (AvgIpc) is 2.91. The summed E-state index contributed by atoms with van der Waals surface area (Å²) >= 11 is 0. The fourth-order valence-electron chi connectivity index (χ4n) is 4.60. The Bertz CT molecular complexity index is 1020. The SMILES string of the molecule is CCCCCC(=O)Nc1ccc(N2CCN(c3ccccc3OC)CC2)c(C(=O)NCCCN(C)C)c1. The van der Waals surface area contributed by atoms with Crippen LogP contribution in [0.15, 0.2) is 42.5 Å². The molecule has 8 heteroatoms. The zero-order chi connectivity index (χ0) is 26.6. The predicted molar refractivity (Wildman–Crippen MR) is 152 cm³/mol. The van der Waals surface area contributed by atoms with E-state index in [4.69, 9.17) is 4.74 Å². The summed E-state index contributed by atoms with van der Waals surface area (Å²) in [7, 11) is 5.75. The van der Waals surface area contributed by atoms with Crippen LogP contribution >= 0.6 is 0 Å². The van der Waals surface area contributed by atoms with E-state index in [0.29, 0.717) is 24.2 Å². The number of hydrogen-bond acceptors (Lipinski definition) is 6. The van der Waals surface area contributed by atoms with Gasteiger partial charge in [-0.3, -0.25) is 9.59 Å². The van der Waals surface area contributed by atoms with Gasteiger partial charge >= 0.3 is 0 Å². The molecule has 3 rings (SSSR count). The van der Waals surface area contributed by atoms with E-state index in [1.807, 2.05) is 50.5 Å². The van der Waals surface area contributed by atoms with Crippen molar-refractivity contribution in [1.82, 2.24) is 10.2 Å². The van der Waals surface area contributed by atoms with Crippen LogP contribution in [0.5, 0.6) is 5.75 Å². The first kappa shape index (κ1) is 28.3. The van der Waals surface area contributed by atoms with Crippen molar-refractivity contribution < 1.29 is 14.3 Å². The first-order valence-corrected chi connectivity index (χ1v) is 13.4. The molecule has 2 N–H and O–H groups in total. The molecular weight excluding hydrogens is 466 g/mol. The van der Waals surface area contributed by atoms with Gasteiger partial charge in [0.05, 0.1) is 18.4 Å². The molecular formula is C29H43N5O3. The van der Waals surface area contributed by atoms with Crippen molar-refractivity contribution in [2.75, 3.05) is 75.6 Å². The minimum absolute atomic E-state index is 0.0102. The van der Waals surface area contributed by atoms with E-state index in [1.165, 1.54) is 0 Å². The second-order valence-electron chi connectivity index (χ2n) is 9.80. The molecule has 2 aromatic rings. The Balaban J connectivity index is 1.73. The van der Waals surface area contributed by atoms with Crippen LogP contribution < -0.4 is 25.2 Å². The summed E-state index contributed by atoms with van der Waals surface area (Å²) in [5.41, 5.74) is 3.25. The molecule has 1 heterocycles. The lowest BCUT2D eigenvalue weighted by Crippen LogP contribution is -2.47. The number of ether oxygens (including phenoxy) is 1. The van der Waals surface area contributed by atoms with Crippen molar-refractivity contribution in [1.29, 1.82) is 0 Å². The van der Waals surface area contributed by atoms with Crippen molar-refractivity contribution in [3.05, 3.63) is 48.0 Å². The van der Waals surface area contributed by atoms with Gasteiger partial charge in [0.2, 0.25) is 5.91 Å².